The Hall–Kier alpha value is -0.160. The Morgan fingerprint density at radius 1 is 1.21 bits per heavy atom. The molecule has 0 amide bonds. The molecule has 1 fully saturated rings. The standard InChI is InChI=1S/C10H23N3O/c1-9(7-11)13-5-3-12(4-6-13)8-10(2)14/h9-10,14H,3-8,11H2,1-2H3. The lowest BCUT2D eigenvalue weighted by atomic mass is 10.2. The van der Waals surface area contributed by atoms with E-state index in [1.54, 1.807) is 0 Å². The average Bonchev–Trinajstić information content (AvgIpc) is 2.17. The van der Waals surface area contributed by atoms with Crippen LogP contribution in [0.2, 0.25) is 0 Å². The maximum Gasteiger partial charge on any atom is 0.0639 e. The van der Waals surface area contributed by atoms with Crippen LogP contribution in [0.3, 0.4) is 0 Å². The van der Waals surface area contributed by atoms with Gasteiger partial charge >= 0.3 is 0 Å². The Morgan fingerprint density at radius 3 is 2.21 bits per heavy atom. The first-order valence-corrected chi connectivity index (χ1v) is 5.48. The summed E-state index contributed by atoms with van der Waals surface area (Å²) in [6.45, 7) is 9.79. The fourth-order valence-electron chi connectivity index (χ4n) is 1.91. The van der Waals surface area contributed by atoms with Crippen LogP contribution in [0.5, 0.6) is 0 Å². The summed E-state index contributed by atoms with van der Waals surface area (Å²) in [4.78, 5) is 4.73. The van der Waals surface area contributed by atoms with Gasteiger partial charge in [0.1, 0.15) is 0 Å². The van der Waals surface area contributed by atoms with Gasteiger partial charge in [0.25, 0.3) is 0 Å². The number of hydrogen-bond acceptors (Lipinski definition) is 4. The normalized spacial score (nSPS) is 24.9. The number of aliphatic hydroxyl groups excluding tert-OH is 1. The second kappa shape index (κ2) is 5.66. The summed E-state index contributed by atoms with van der Waals surface area (Å²) in [6, 6.07) is 0.490. The van der Waals surface area contributed by atoms with E-state index in [1.165, 1.54) is 0 Å². The van der Waals surface area contributed by atoms with Gasteiger partial charge in [0.2, 0.25) is 0 Å². The molecule has 1 saturated heterocycles. The van der Waals surface area contributed by atoms with Gasteiger partial charge in [-0.25, -0.2) is 0 Å². The Kier molecular flexibility index (Phi) is 4.81. The number of nitrogens with zero attached hydrogens (tertiary/aromatic N) is 2. The minimum atomic E-state index is -0.214. The van der Waals surface area contributed by atoms with Crippen LogP contribution in [0.15, 0.2) is 0 Å². The molecule has 2 atom stereocenters. The van der Waals surface area contributed by atoms with E-state index in [4.69, 9.17) is 5.73 Å². The van der Waals surface area contributed by atoms with Crippen LogP contribution in [0, 0.1) is 0 Å². The van der Waals surface area contributed by atoms with E-state index in [0.717, 1.165) is 39.3 Å². The molecular weight excluding hydrogens is 178 g/mol. The maximum atomic E-state index is 9.25. The van der Waals surface area contributed by atoms with Crippen LogP contribution in [0.25, 0.3) is 0 Å². The zero-order chi connectivity index (χ0) is 10.6. The third-order valence-corrected chi connectivity index (χ3v) is 2.89. The fraction of sp³-hybridized carbons (Fsp3) is 1.00. The lowest BCUT2D eigenvalue weighted by Crippen LogP contribution is -2.52. The van der Waals surface area contributed by atoms with Crippen LogP contribution < -0.4 is 5.73 Å². The van der Waals surface area contributed by atoms with Crippen LogP contribution in [-0.4, -0.2) is 66.3 Å². The average molecular weight is 201 g/mol. The van der Waals surface area contributed by atoms with Gasteiger partial charge in [0.15, 0.2) is 0 Å². The molecule has 84 valence electrons. The second-order valence-corrected chi connectivity index (χ2v) is 4.27. The predicted octanol–water partition coefficient (Wildman–Crippen LogP) is -0.668. The fourth-order valence-corrected chi connectivity index (χ4v) is 1.91. The summed E-state index contributed by atoms with van der Waals surface area (Å²) < 4.78 is 0. The van der Waals surface area contributed by atoms with E-state index in [-0.39, 0.29) is 6.10 Å². The van der Waals surface area contributed by atoms with Crippen molar-refractivity contribution in [2.45, 2.75) is 26.0 Å². The summed E-state index contributed by atoms with van der Waals surface area (Å²) in [5, 5.41) is 9.25. The molecule has 0 saturated carbocycles. The molecule has 1 aliphatic rings. The zero-order valence-corrected chi connectivity index (χ0v) is 9.32. The van der Waals surface area contributed by atoms with Crippen LogP contribution in [0.1, 0.15) is 13.8 Å². The molecule has 0 aromatic heterocycles. The predicted molar refractivity (Wildman–Crippen MR) is 58.2 cm³/mol. The number of hydrogen-bond donors (Lipinski definition) is 2. The Bertz CT molecular complexity index is 155. The van der Waals surface area contributed by atoms with E-state index < -0.39 is 0 Å². The molecule has 2 unspecified atom stereocenters. The zero-order valence-electron chi connectivity index (χ0n) is 9.32. The van der Waals surface area contributed by atoms with Crippen LogP contribution >= 0.6 is 0 Å². The molecule has 4 nitrogen and oxygen atoms in total. The maximum absolute atomic E-state index is 9.25. The monoisotopic (exact) mass is 201 g/mol. The number of nitrogens with two attached hydrogens (primary N) is 1. The van der Waals surface area contributed by atoms with Gasteiger partial charge in [-0.2, -0.15) is 0 Å². The van der Waals surface area contributed by atoms with Crippen molar-refractivity contribution < 1.29 is 5.11 Å². The molecule has 0 radical (unpaired) electrons. The third kappa shape index (κ3) is 3.53. The van der Waals surface area contributed by atoms with Crippen molar-refractivity contribution in [2.24, 2.45) is 5.73 Å². The first kappa shape index (κ1) is 11.9. The molecule has 0 aromatic rings. The highest BCUT2D eigenvalue weighted by Crippen LogP contribution is 2.05. The Morgan fingerprint density at radius 2 is 1.79 bits per heavy atom. The molecule has 14 heavy (non-hydrogen) atoms. The number of aliphatic hydroxyl groups is 1. The molecule has 0 bridgehead atoms. The van der Waals surface area contributed by atoms with Gasteiger partial charge < -0.3 is 10.8 Å². The summed E-state index contributed by atoms with van der Waals surface area (Å²) in [7, 11) is 0. The molecule has 1 heterocycles. The summed E-state index contributed by atoms with van der Waals surface area (Å²) in [5.41, 5.74) is 5.62. The molecule has 1 aliphatic heterocycles. The Labute approximate surface area is 86.7 Å². The molecule has 0 aliphatic carbocycles. The van der Waals surface area contributed by atoms with E-state index >= 15 is 0 Å². The first-order valence-electron chi connectivity index (χ1n) is 5.48. The molecule has 0 spiro atoms. The lowest BCUT2D eigenvalue weighted by molar-refractivity contribution is 0.0672. The van der Waals surface area contributed by atoms with Gasteiger partial charge in [0.05, 0.1) is 6.10 Å². The van der Waals surface area contributed by atoms with Crippen molar-refractivity contribution in [3.8, 4) is 0 Å². The van der Waals surface area contributed by atoms with E-state index in [1.807, 2.05) is 6.92 Å². The first-order chi connectivity index (χ1) is 6.63. The molecule has 3 N–H and O–H groups in total. The van der Waals surface area contributed by atoms with Crippen molar-refractivity contribution in [2.75, 3.05) is 39.3 Å². The highest BCUT2D eigenvalue weighted by molar-refractivity contribution is 4.77. The topological polar surface area (TPSA) is 52.7 Å². The SMILES string of the molecule is CC(O)CN1CCN(C(C)CN)CC1. The number of piperazine rings is 1. The summed E-state index contributed by atoms with van der Waals surface area (Å²) >= 11 is 0. The minimum Gasteiger partial charge on any atom is -0.392 e. The van der Waals surface area contributed by atoms with Gasteiger partial charge in [-0.15, -0.1) is 0 Å². The number of β-amino-alcohol motifs (C(OH)–C–C–N with tert-alkyl or cyclic N) is 1. The van der Waals surface area contributed by atoms with Crippen molar-refractivity contribution in [3.05, 3.63) is 0 Å². The highest BCUT2D eigenvalue weighted by Gasteiger charge is 2.20. The number of rotatable bonds is 4. The van der Waals surface area contributed by atoms with Gasteiger partial charge in [-0.05, 0) is 13.8 Å². The quantitative estimate of drug-likeness (QED) is 0.633. The highest BCUT2D eigenvalue weighted by atomic mass is 16.3. The summed E-state index contributed by atoms with van der Waals surface area (Å²) in [6.07, 6.45) is -0.214. The van der Waals surface area contributed by atoms with Crippen molar-refractivity contribution in [1.29, 1.82) is 0 Å². The molecular formula is C10H23N3O. The van der Waals surface area contributed by atoms with Crippen molar-refractivity contribution in [1.82, 2.24) is 9.80 Å². The molecule has 4 heteroatoms. The second-order valence-electron chi connectivity index (χ2n) is 4.27. The van der Waals surface area contributed by atoms with Crippen molar-refractivity contribution in [3.63, 3.8) is 0 Å². The molecule has 1 rings (SSSR count). The Balaban J connectivity index is 2.24. The van der Waals surface area contributed by atoms with E-state index in [2.05, 4.69) is 16.7 Å². The lowest BCUT2D eigenvalue weighted by Gasteiger charge is -2.38. The smallest absolute Gasteiger partial charge is 0.0639 e. The van der Waals surface area contributed by atoms with Crippen LogP contribution in [0.4, 0.5) is 0 Å². The van der Waals surface area contributed by atoms with Crippen molar-refractivity contribution >= 4 is 0 Å². The minimum absolute atomic E-state index is 0.214. The van der Waals surface area contributed by atoms with Gasteiger partial charge in [-0.1, -0.05) is 0 Å². The van der Waals surface area contributed by atoms with Gasteiger partial charge in [-0.3, -0.25) is 9.80 Å². The van der Waals surface area contributed by atoms with Crippen LogP contribution in [-0.2, 0) is 0 Å². The third-order valence-electron chi connectivity index (χ3n) is 2.89. The molecule has 0 aromatic carbocycles. The van der Waals surface area contributed by atoms with E-state index in [0.29, 0.717) is 6.04 Å². The largest absolute Gasteiger partial charge is 0.392 e. The van der Waals surface area contributed by atoms with E-state index in [9.17, 15) is 5.11 Å². The summed E-state index contributed by atoms with van der Waals surface area (Å²) in [5.74, 6) is 0. The van der Waals surface area contributed by atoms with Gasteiger partial charge in [0, 0.05) is 45.3 Å².